The topological polar surface area (TPSA) is 249 Å². The number of hydrogen-bond donors (Lipinski definition) is 4. The van der Waals surface area contributed by atoms with Crippen LogP contribution in [0.2, 0.25) is 0 Å². The van der Waals surface area contributed by atoms with Gasteiger partial charge in [-0.25, -0.2) is 24.0 Å². The van der Waals surface area contributed by atoms with E-state index in [4.69, 9.17) is 42.6 Å². The molecule has 0 aliphatic carbocycles. The second-order valence-corrected chi connectivity index (χ2v) is 30.6. The van der Waals surface area contributed by atoms with E-state index in [1.54, 1.807) is 78.9 Å². The third kappa shape index (κ3) is 36.9. The summed E-state index contributed by atoms with van der Waals surface area (Å²) < 4.78 is 55.6. The van der Waals surface area contributed by atoms with E-state index in [2.05, 4.69) is 69.2 Å². The van der Waals surface area contributed by atoms with Gasteiger partial charge in [0, 0.05) is 32.7 Å². The van der Waals surface area contributed by atoms with Gasteiger partial charge in [0.1, 0.15) is 18.3 Å². The highest BCUT2D eigenvalue weighted by Crippen LogP contribution is 2.32. The lowest BCUT2D eigenvalue weighted by Crippen LogP contribution is -2.36. The van der Waals surface area contributed by atoms with E-state index in [9.17, 15) is 44.4 Å². The average Bonchev–Trinajstić information content (AvgIpc) is 0.810. The van der Waals surface area contributed by atoms with E-state index >= 15 is 0 Å². The summed E-state index contributed by atoms with van der Waals surface area (Å²) in [7, 11) is 0. The second kappa shape index (κ2) is 52.7. The molecule has 0 radical (unpaired) electrons. The van der Waals surface area contributed by atoms with Crippen molar-refractivity contribution in [3.63, 3.8) is 0 Å². The van der Waals surface area contributed by atoms with Crippen LogP contribution >= 0.6 is 0 Å². The predicted octanol–water partition coefficient (Wildman–Crippen LogP) is 19.2. The number of aliphatic hydroxyl groups excluding tert-OH is 4. The molecule has 0 aliphatic rings. The summed E-state index contributed by atoms with van der Waals surface area (Å²) in [6, 6.07) is 38.4. The number of ether oxygens (including phenoxy) is 9. The first-order valence-electron chi connectivity index (χ1n) is 39.9. The van der Waals surface area contributed by atoms with Gasteiger partial charge in [-0.05, 0) is 121 Å². The van der Waals surface area contributed by atoms with Crippen LogP contribution in [0.5, 0.6) is 0 Å². The van der Waals surface area contributed by atoms with E-state index in [1.807, 2.05) is 0 Å². The van der Waals surface area contributed by atoms with Crippen molar-refractivity contribution in [1.82, 2.24) is 0 Å². The van der Waals surface area contributed by atoms with Gasteiger partial charge in [-0.1, -0.05) is 276 Å². The zero-order chi connectivity index (χ0) is 78.4. The maximum atomic E-state index is 14.7. The average molecular weight is 1500 g/mol. The van der Waals surface area contributed by atoms with Gasteiger partial charge in [-0.3, -0.25) is 0 Å². The molecule has 4 N–H and O–H groups in total. The molecule has 108 heavy (non-hydrogen) atoms. The number of aliphatic hydroxyl groups is 4. The lowest BCUT2D eigenvalue weighted by molar-refractivity contribution is -0.152. The van der Waals surface area contributed by atoms with E-state index in [1.165, 1.54) is 156 Å². The highest BCUT2D eigenvalue weighted by atomic mass is 16.7. The van der Waals surface area contributed by atoms with Crippen LogP contribution in [0.3, 0.4) is 0 Å². The molecule has 596 valence electrons. The Balaban J connectivity index is 1.53. The van der Waals surface area contributed by atoms with Gasteiger partial charge in [0.05, 0.1) is 47.6 Å². The molecule has 0 heterocycles. The summed E-state index contributed by atoms with van der Waals surface area (Å²) >= 11 is 0. The summed E-state index contributed by atoms with van der Waals surface area (Å²) in [5.74, 6) is -3.90. The summed E-state index contributed by atoms with van der Waals surface area (Å²) in [6.45, 7) is 22.2. The first-order chi connectivity index (χ1) is 52.0. The molecular formula is C90H128O18. The predicted molar refractivity (Wildman–Crippen MR) is 421 cm³/mol. The van der Waals surface area contributed by atoms with E-state index in [-0.39, 0.29) is 41.0 Å². The third-order valence-corrected chi connectivity index (χ3v) is 19.7. The highest BCUT2D eigenvalue weighted by molar-refractivity contribution is 5.92. The molecule has 0 spiro atoms. The lowest BCUT2D eigenvalue weighted by Gasteiger charge is -2.29. The summed E-state index contributed by atoms with van der Waals surface area (Å²) in [6.07, 6.45) is 12.3. The minimum atomic E-state index is -2.66. The molecule has 18 nitrogen and oxygen atoms in total. The Morgan fingerprint density at radius 2 is 0.630 bits per heavy atom. The molecule has 5 aromatic carbocycles. The zero-order valence-corrected chi connectivity index (χ0v) is 66.2. The zero-order valence-electron chi connectivity index (χ0n) is 66.2. The molecule has 0 amide bonds. The Kier molecular flexibility index (Phi) is 44.5. The van der Waals surface area contributed by atoms with Crippen molar-refractivity contribution in [3.8, 4) is 0 Å². The molecule has 0 saturated carbocycles. The molecule has 5 rings (SSSR count). The van der Waals surface area contributed by atoms with Crippen molar-refractivity contribution in [3.05, 3.63) is 203 Å². The fourth-order valence-electron chi connectivity index (χ4n) is 12.8. The molecular weight excluding hydrogens is 1370 g/mol. The quantitative estimate of drug-likeness (QED) is 0.00928. The lowest BCUT2D eigenvalue weighted by atomic mass is 9.91. The Labute approximate surface area is 644 Å². The third-order valence-electron chi connectivity index (χ3n) is 19.7. The molecule has 0 aliphatic heterocycles. The van der Waals surface area contributed by atoms with Crippen LogP contribution in [0.1, 0.15) is 262 Å². The molecule has 7 unspecified atom stereocenters. The largest absolute Gasteiger partial charge is 0.462 e. The summed E-state index contributed by atoms with van der Waals surface area (Å²) in [5, 5.41) is 47.4. The van der Waals surface area contributed by atoms with Crippen LogP contribution in [0.15, 0.2) is 175 Å². The van der Waals surface area contributed by atoms with Gasteiger partial charge < -0.3 is 63.1 Å². The fraction of sp³-hybridized carbons (Fsp3) is 0.567. The molecule has 0 fully saturated rings. The highest BCUT2D eigenvalue weighted by Gasteiger charge is 2.38. The van der Waals surface area contributed by atoms with Gasteiger partial charge >= 0.3 is 29.8 Å². The van der Waals surface area contributed by atoms with Crippen LogP contribution < -0.4 is 0 Å². The van der Waals surface area contributed by atoms with Gasteiger partial charge in [0.25, 0.3) is 0 Å². The van der Waals surface area contributed by atoms with E-state index < -0.39 is 110 Å². The summed E-state index contributed by atoms with van der Waals surface area (Å²) in [5.41, 5.74) is -0.0432. The second-order valence-electron chi connectivity index (χ2n) is 30.6. The Morgan fingerprint density at radius 1 is 0.315 bits per heavy atom. The van der Waals surface area contributed by atoms with Crippen LogP contribution in [0.25, 0.3) is 0 Å². The van der Waals surface area contributed by atoms with Crippen LogP contribution in [0, 0.1) is 47.3 Å². The number of hydrogen-bond acceptors (Lipinski definition) is 18. The number of esters is 5. The molecule has 0 saturated heterocycles. The number of rotatable bonds is 56. The standard InChI is InChI=1S/C90H128O18/c1-64(2)32-26-34-66(5)36-28-38-68(7)40-30-42-70(9)55-59-100-62-77(101-60-56-71(10)43-31-41-69(8)39-29-37-67(6)35-27-33-65(3)4)63-103-89(98)83(108-88(97)76-52-24-15-25-53-76)81(106-86(95)74-48-20-13-21-49-74)79(57-61-102-84(93)72-44-16-11-17-45-72)104-90(99)82(107-87(96)75-50-22-14-23-51-75)80(78(92)54-58-91)105-85(94)73-46-18-12-19-47-73/h11-25,44-53,64-71,77-79,89-92,98-99H,26-43,54-63H2,1-10H3/b82-80+,83-81+/t66?,67?,68?,69?,70?,71?,77?,78-,79+,89-,90-/m0/s1. The van der Waals surface area contributed by atoms with Crippen molar-refractivity contribution in [2.24, 2.45) is 47.3 Å². The maximum absolute atomic E-state index is 14.7. The molecule has 11 atom stereocenters. The molecule has 0 aromatic heterocycles. The maximum Gasteiger partial charge on any atom is 0.343 e. The first kappa shape index (κ1) is 91.2. The van der Waals surface area contributed by atoms with Crippen molar-refractivity contribution in [2.45, 2.75) is 241 Å². The monoisotopic (exact) mass is 1500 g/mol. The Morgan fingerprint density at radius 3 is 0.991 bits per heavy atom. The molecule has 0 bridgehead atoms. The Bertz CT molecular complexity index is 3340. The SMILES string of the molecule is CC(C)CCCC(C)CCCC(C)CCCC(C)CCOCC(CO[C@H](O)/C(OC(=O)c1ccccc1)=C(\OC(=O)c1ccccc1)[C@@H](CCOC(=O)c1ccccc1)O[C@H](O)/C(OC(=O)c1ccccc1)=C(\OC(=O)c1ccccc1)[C@@H](O)CCO)OCCC(C)CCCC(C)CCCC(C)CCCC(C)C. The normalized spacial score (nSPS) is 15.3. The number of carbonyl (C=O) groups is 5. The van der Waals surface area contributed by atoms with Crippen molar-refractivity contribution >= 4 is 29.8 Å². The van der Waals surface area contributed by atoms with Crippen molar-refractivity contribution in [1.29, 1.82) is 0 Å². The molecule has 18 heteroatoms. The van der Waals surface area contributed by atoms with Crippen LogP contribution in [-0.4, -0.2) is 121 Å². The fourth-order valence-corrected chi connectivity index (χ4v) is 12.8. The van der Waals surface area contributed by atoms with Crippen molar-refractivity contribution in [2.75, 3.05) is 39.6 Å². The van der Waals surface area contributed by atoms with Gasteiger partial charge in [0.2, 0.25) is 24.1 Å². The van der Waals surface area contributed by atoms with E-state index in [0.717, 1.165) is 62.2 Å². The first-order valence-corrected chi connectivity index (χ1v) is 39.9. The number of benzene rings is 5. The smallest absolute Gasteiger partial charge is 0.343 e. The molecule has 5 aromatic rings. The van der Waals surface area contributed by atoms with Gasteiger partial charge in [-0.2, -0.15) is 0 Å². The van der Waals surface area contributed by atoms with Gasteiger partial charge in [-0.15, -0.1) is 0 Å². The minimum Gasteiger partial charge on any atom is -0.462 e. The van der Waals surface area contributed by atoms with E-state index in [0.29, 0.717) is 43.3 Å². The summed E-state index contributed by atoms with van der Waals surface area (Å²) in [4.78, 5) is 71.2. The minimum absolute atomic E-state index is 0.0293. The van der Waals surface area contributed by atoms with Gasteiger partial charge in [0.15, 0.2) is 11.5 Å². The van der Waals surface area contributed by atoms with Crippen LogP contribution in [-0.2, 0) is 42.6 Å². The van der Waals surface area contributed by atoms with Crippen LogP contribution in [0.4, 0.5) is 0 Å². The Hall–Kier alpha value is -7.39. The number of carbonyl (C=O) groups excluding carboxylic acids is 5. The van der Waals surface area contributed by atoms with Crippen molar-refractivity contribution < 1.29 is 87.0 Å².